The van der Waals surface area contributed by atoms with E-state index in [4.69, 9.17) is 13.9 Å². The molecule has 5 rings (SSSR count). The van der Waals surface area contributed by atoms with Gasteiger partial charge in [-0.3, -0.25) is 14.5 Å². The molecule has 34 heavy (non-hydrogen) atoms. The molecule has 1 unspecified atom stereocenters. The first-order valence-corrected chi connectivity index (χ1v) is 11.8. The molecule has 1 aliphatic heterocycles. The minimum Gasteiger partial charge on any atom is -0.486 e. The van der Waals surface area contributed by atoms with Gasteiger partial charge in [0.25, 0.3) is 5.91 Å². The largest absolute Gasteiger partial charge is 0.486 e. The molecule has 1 aliphatic carbocycles. The Morgan fingerprint density at radius 1 is 0.882 bits per heavy atom. The maximum Gasteiger partial charge on any atom is 0.294 e. The van der Waals surface area contributed by atoms with Gasteiger partial charge < -0.3 is 19.2 Å². The summed E-state index contributed by atoms with van der Waals surface area (Å²) < 4.78 is 16.9. The first-order valence-electron chi connectivity index (χ1n) is 11.8. The monoisotopic (exact) mass is 460 g/mol. The molecule has 0 saturated heterocycles. The van der Waals surface area contributed by atoms with E-state index in [1.807, 2.05) is 30.3 Å². The second-order valence-electron chi connectivity index (χ2n) is 8.64. The molecule has 1 fully saturated rings. The van der Waals surface area contributed by atoms with Crippen molar-refractivity contribution in [1.29, 1.82) is 0 Å². The van der Waals surface area contributed by atoms with Crippen molar-refractivity contribution < 1.29 is 23.5 Å². The zero-order chi connectivity index (χ0) is 23.3. The number of fused-ring (bicyclic) bond motifs is 1. The van der Waals surface area contributed by atoms with E-state index in [0.29, 0.717) is 36.0 Å². The van der Waals surface area contributed by atoms with Crippen molar-refractivity contribution in [2.45, 2.75) is 44.2 Å². The quantitative estimate of drug-likeness (QED) is 0.567. The van der Waals surface area contributed by atoms with E-state index < -0.39 is 11.9 Å². The van der Waals surface area contributed by atoms with Crippen LogP contribution in [0, 0.1) is 0 Å². The molecule has 3 aromatic rings. The van der Waals surface area contributed by atoms with Gasteiger partial charge in [-0.05, 0) is 42.7 Å². The Morgan fingerprint density at radius 2 is 1.65 bits per heavy atom. The van der Waals surface area contributed by atoms with E-state index in [1.165, 1.54) is 17.6 Å². The Balaban J connectivity index is 1.58. The average molecular weight is 461 g/mol. The van der Waals surface area contributed by atoms with Gasteiger partial charge in [-0.15, -0.1) is 0 Å². The summed E-state index contributed by atoms with van der Waals surface area (Å²) in [7, 11) is 0. The van der Waals surface area contributed by atoms with Gasteiger partial charge in [0.05, 0.1) is 6.26 Å². The first-order chi connectivity index (χ1) is 16.7. The number of amides is 2. The highest BCUT2D eigenvalue weighted by molar-refractivity contribution is 6.08. The summed E-state index contributed by atoms with van der Waals surface area (Å²) in [5.74, 6) is 0.687. The van der Waals surface area contributed by atoms with Gasteiger partial charge in [0.2, 0.25) is 5.91 Å². The molecular formula is C27H28N2O5. The van der Waals surface area contributed by atoms with Crippen LogP contribution >= 0.6 is 0 Å². The number of hydrogen-bond donors (Lipinski definition) is 1. The van der Waals surface area contributed by atoms with Crippen LogP contribution in [-0.2, 0) is 4.79 Å². The fraction of sp³-hybridized carbons (Fsp3) is 0.333. The van der Waals surface area contributed by atoms with Crippen molar-refractivity contribution in [3.8, 4) is 11.5 Å². The highest BCUT2D eigenvalue weighted by atomic mass is 16.6. The number of ether oxygens (including phenoxy) is 2. The fourth-order valence-electron chi connectivity index (χ4n) is 4.66. The van der Waals surface area contributed by atoms with Gasteiger partial charge in [-0.25, -0.2) is 0 Å². The number of rotatable bonds is 6. The normalized spacial score (nSPS) is 16.5. The predicted octanol–water partition coefficient (Wildman–Crippen LogP) is 4.89. The Bertz CT molecular complexity index is 1120. The van der Waals surface area contributed by atoms with Crippen LogP contribution in [0.1, 0.15) is 54.3 Å². The molecule has 176 valence electrons. The number of furan rings is 1. The minimum absolute atomic E-state index is 0.105. The third-order valence-corrected chi connectivity index (χ3v) is 6.33. The Morgan fingerprint density at radius 3 is 2.38 bits per heavy atom. The van der Waals surface area contributed by atoms with Crippen LogP contribution in [0.4, 0.5) is 5.69 Å². The molecule has 1 saturated carbocycles. The van der Waals surface area contributed by atoms with E-state index in [0.717, 1.165) is 25.7 Å². The van der Waals surface area contributed by atoms with Crippen molar-refractivity contribution >= 4 is 17.5 Å². The number of nitrogens with zero attached hydrogens (tertiary/aromatic N) is 1. The summed E-state index contributed by atoms with van der Waals surface area (Å²) in [6, 6.07) is 17.1. The van der Waals surface area contributed by atoms with E-state index in [1.54, 1.807) is 30.3 Å². The van der Waals surface area contributed by atoms with Crippen molar-refractivity contribution in [3.05, 3.63) is 78.3 Å². The van der Waals surface area contributed by atoms with E-state index >= 15 is 0 Å². The lowest BCUT2D eigenvalue weighted by molar-refractivity contribution is -0.123. The van der Waals surface area contributed by atoms with Gasteiger partial charge in [0, 0.05) is 17.8 Å². The molecule has 7 heteroatoms. The summed E-state index contributed by atoms with van der Waals surface area (Å²) in [5.41, 5.74) is 1.24. The molecule has 0 bridgehead atoms. The molecular weight excluding hydrogens is 432 g/mol. The number of benzene rings is 2. The van der Waals surface area contributed by atoms with E-state index in [9.17, 15) is 9.59 Å². The van der Waals surface area contributed by atoms with Gasteiger partial charge in [-0.2, -0.15) is 0 Å². The smallest absolute Gasteiger partial charge is 0.294 e. The maximum absolute atomic E-state index is 13.8. The molecule has 2 aromatic carbocycles. The van der Waals surface area contributed by atoms with Crippen LogP contribution in [0.25, 0.3) is 0 Å². The molecule has 2 amide bonds. The number of carbonyl (C=O) groups is 2. The zero-order valence-electron chi connectivity index (χ0n) is 18.9. The fourth-order valence-corrected chi connectivity index (χ4v) is 4.66. The van der Waals surface area contributed by atoms with Gasteiger partial charge in [0.15, 0.2) is 17.3 Å². The standard InChI is InChI=1S/C27H28N2O5/c30-26(28-20-10-5-2-6-11-20)25(19-8-3-1-4-9-19)29(27(31)23-12-7-15-32-23)21-13-14-22-24(18-21)34-17-16-33-22/h1,3-4,7-9,12-15,18,20,25H,2,5-6,10-11,16-17H2,(H,28,30). The van der Waals surface area contributed by atoms with Crippen LogP contribution in [0.2, 0.25) is 0 Å². The van der Waals surface area contributed by atoms with Crippen molar-refractivity contribution in [1.82, 2.24) is 5.32 Å². The Labute approximate surface area is 198 Å². The van der Waals surface area contributed by atoms with Crippen LogP contribution < -0.4 is 19.7 Å². The molecule has 1 N–H and O–H groups in total. The summed E-state index contributed by atoms with van der Waals surface area (Å²) in [6.07, 6.45) is 6.73. The molecule has 2 aliphatic rings. The number of carbonyl (C=O) groups excluding carboxylic acids is 2. The highest BCUT2D eigenvalue weighted by Gasteiger charge is 2.36. The van der Waals surface area contributed by atoms with Gasteiger partial charge >= 0.3 is 0 Å². The third kappa shape index (κ3) is 4.64. The summed E-state index contributed by atoms with van der Waals surface area (Å²) in [4.78, 5) is 29.1. The molecule has 2 heterocycles. The second-order valence-corrected chi connectivity index (χ2v) is 8.64. The zero-order valence-corrected chi connectivity index (χ0v) is 18.9. The van der Waals surface area contributed by atoms with Crippen molar-refractivity contribution in [2.24, 2.45) is 0 Å². The molecule has 1 aromatic heterocycles. The minimum atomic E-state index is -0.886. The summed E-state index contributed by atoms with van der Waals surface area (Å²) >= 11 is 0. The number of nitrogens with one attached hydrogen (secondary N) is 1. The Kier molecular flexibility index (Phi) is 6.51. The van der Waals surface area contributed by atoms with Crippen LogP contribution in [0.15, 0.2) is 71.3 Å². The molecule has 1 atom stereocenters. The Hall–Kier alpha value is -3.74. The molecule has 0 radical (unpaired) electrons. The lowest BCUT2D eigenvalue weighted by Gasteiger charge is -2.33. The second kappa shape index (κ2) is 10.0. The third-order valence-electron chi connectivity index (χ3n) is 6.33. The SMILES string of the molecule is O=C(NC1CCCCC1)C(c1ccccc1)N(C(=O)c1ccco1)c1ccc2c(c1)OCCO2. The first kappa shape index (κ1) is 22.1. The van der Waals surface area contributed by atoms with Crippen LogP contribution in [0.5, 0.6) is 11.5 Å². The van der Waals surface area contributed by atoms with Crippen LogP contribution in [-0.4, -0.2) is 31.1 Å². The van der Waals surface area contributed by atoms with Crippen molar-refractivity contribution in [2.75, 3.05) is 18.1 Å². The van der Waals surface area contributed by atoms with E-state index in [2.05, 4.69) is 5.32 Å². The number of anilines is 1. The van der Waals surface area contributed by atoms with Gasteiger partial charge in [-0.1, -0.05) is 49.6 Å². The van der Waals surface area contributed by atoms with Gasteiger partial charge in [0.1, 0.15) is 19.3 Å². The molecule has 0 spiro atoms. The lowest BCUT2D eigenvalue weighted by atomic mass is 9.94. The topological polar surface area (TPSA) is 81.0 Å². The predicted molar refractivity (Wildman–Crippen MR) is 127 cm³/mol. The molecule has 7 nitrogen and oxygen atoms in total. The number of hydrogen-bond acceptors (Lipinski definition) is 5. The highest BCUT2D eigenvalue weighted by Crippen LogP contribution is 2.38. The maximum atomic E-state index is 13.8. The van der Waals surface area contributed by atoms with Crippen LogP contribution in [0.3, 0.4) is 0 Å². The lowest BCUT2D eigenvalue weighted by Crippen LogP contribution is -2.47. The average Bonchev–Trinajstić information content (AvgIpc) is 3.43. The van der Waals surface area contributed by atoms with Crippen molar-refractivity contribution in [3.63, 3.8) is 0 Å². The summed E-state index contributed by atoms with van der Waals surface area (Å²) in [6.45, 7) is 0.894. The summed E-state index contributed by atoms with van der Waals surface area (Å²) in [5, 5.41) is 3.21. The van der Waals surface area contributed by atoms with E-state index in [-0.39, 0.29) is 17.7 Å².